The Bertz CT molecular complexity index is 996. The number of aryl methyl sites for hydroxylation is 1. The Hall–Kier alpha value is -3.02. The summed E-state index contributed by atoms with van der Waals surface area (Å²) in [4.78, 5) is 22.5. The summed E-state index contributed by atoms with van der Waals surface area (Å²) >= 11 is 0. The first-order valence-electron chi connectivity index (χ1n) is 9.04. The van der Waals surface area contributed by atoms with E-state index in [-0.39, 0.29) is 11.8 Å². The molecule has 0 fully saturated rings. The molecule has 6 nitrogen and oxygen atoms in total. The lowest BCUT2D eigenvalue weighted by Gasteiger charge is -2.28. The van der Waals surface area contributed by atoms with E-state index < -0.39 is 0 Å². The first-order valence-corrected chi connectivity index (χ1v) is 9.04. The first kappa shape index (κ1) is 17.4. The van der Waals surface area contributed by atoms with Crippen molar-refractivity contribution in [2.24, 2.45) is 5.92 Å². The van der Waals surface area contributed by atoms with Crippen molar-refractivity contribution in [3.63, 3.8) is 0 Å². The van der Waals surface area contributed by atoms with Crippen LogP contribution in [0, 0.1) is 12.8 Å². The quantitative estimate of drug-likeness (QED) is 0.771. The number of nitrogens with one attached hydrogen (secondary N) is 1. The van der Waals surface area contributed by atoms with Crippen molar-refractivity contribution in [2.45, 2.75) is 19.9 Å². The second-order valence-corrected chi connectivity index (χ2v) is 7.06. The maximum Gasteiger partial charge on any atom is 0.229 e. The molecule has 1 aliphatic heterocycles. The number of para-hydroxylation sites is 1. The molecule has 0 bridgehead atoms. The van der Waals surface area contributed by atoms with Gasteiger partial charge in [-0.3, -0.25) is 4.79 Å². The standard InChI is InChI=1S/C21H23N3O3/c1-13-7-8-16-17(9-13)23-19(22-16)11-24(2)21(25)15-10-14-5-4-6-18(26-3)20(14)27-12-15/h4-9,15H,10-12H2,1-3H3,(H,22,23). The highest BCUT2D eigenvalue weighted by Crippen LogP contribution is 2.36. The molecule has 2 aromatic carbocycles. The largest absolute Gasteiger partial charge is 0.493 e. The Labute approximate surface area is 158 Å². The molecule has 0 saturated heterocycles. The minimum Gasteiger partial charge on any atom is -0.493 e. The van der Waals surface area contributed by atoms with Gasteiger partial charge in [-0.05, 0) is 42.7 Å². The van der Waals surface area contributed by atoms with Crippen LogP contribution in [0.3, 0.4) is 0 Å². The molecule has 0 radical (unpaired) electrons. The summed E-state index contributed by atoms with van der Waals surface area (Å²) in [6, 6.07) is 11.9. The first-order chi connectivity index (χ1) is 13.0. The molecule has 1 atom stereocenters. The molecule has 1 aliphatic rings. The van der Waals surface area contributed by atoms with Gasteiger partial charge in [0, 0.05) is 7.05 Å². The number of imidazole rings is 1. The van der Waals surface area contributed by atoms with Crippen molar-refractivity contribution in [3.05, 3.63) is 53.3 Å². The number of fused-ring (bicyclic) bond motifs is 2. The lowest BCUT2D eigenvalue weighted by atomic mass is 9.95. The molecular formula is C21H23N3O3. The van der Waals surface area contributed by atoms with E-state index in [4.69, 9.17) is 9.47 Å². The van der Waals surface area contributed by atoms with Gasteiger partial charge in [-0.2, -0.15) is 0 Å². The molecule has 1 N–H and O–H groups in total. The summed E-state index contributed by atoms with van der Waals surface area (Å²) in [5.41, 5.74) is 4.09. The number of aromatic amines is 1. The number of carbonyl (C=O) groups is 1. The molecule has 2 heterocycles. The smallest absolute Gasteiger partial charge is 0.229 e. The lowest BCUT2D eigenvalue weighted by Crippen LogP contribution is -2.38. The third kappa shape index (κ3) is 3.35. The fraction of sp³-hybridized carbons (Fsp3) is 0.333. The third-order valence-corrected chi connectivity index (χ3v) is 4.97. The van der Waals surface area contributed by atoms with Crippen molar-refractivity contribution in [2.75, 3.05) is 20.8 Å². The van der Waals surface area contributed by atoms with Crippen LogP contribution in [0.25, 0.3) is 11.0 Å². The SMILES string of the molecule is COc1cccc2c1OCC(C(=O)N(C)Cc1nc3ccc(C)cc3[nH]1)C2. The lowest BCUT2D eigenvalue weighted by molar-refractivity contribution is -0.136. The van der Waals surface area contributed by atoms with Crippen LogP contribution < -0.4 is 9.47 Å². The Kier molecular flexibility index (Phi) is 4.48. The van der Waals surface area contributed by atoms with Crippen molar-refractivity contribution >= 4 is 16.9 Å². The number of H-pyrrole nitrogens is 1. The zero-order valence-corrected chi connectivity index (χ0v) is 15.8. The van der Waals surface area contributed by atoms with Crippen molar-refractivity contribution in [1.29, 1.82) is 0 Å². The zero-order valence-electron chi connectivity index (χ0n) is 15.8. The highest BCUT2D eigenvalue weighted by molar-refractivity contribution is 5.80. The fourth-order valence-corrected chi connectivity index (χ4v) is 3.58. The molecule has 27 heavy (non-hydrogen) atoms. The van der Waals surface area contributed by atoms with Gasteiger partial charge in [-0.1, -0.05) is 18.2 Å². The van der Waals surface area contributed by atoms with E-state index in [2.05, 4.69) is 16.0 Å². The minimum atomic E-state index is -0.207. The van der Waals surface area contributed by atoms with E-state index in [1.165, 1.54) is 5.56 Å². The topological polar surface area (TPSA) is 67.5 Å². The number of hydrogen-bond donors (Lipinski definition) is 1. The maximum absolute atomic E-state index is 12.9. The zero-order chi connectivity index (χ0) is 19.0. The van der Waals surface area contributed by atoms with Crippen LogP contribution in [0.4, 0.5) is 0 Å². The second kappa shape index (κ2) is 6.95. The highest BCUT2D eigenvalue weighted by atomic mass is 16.5. The molecule has 140 valence electrons. The van der Waals surface area contributed by atoms with Crippen LogP contribution in [-0.2, 0) is 17.8 Å². The average Bonchev–Trinajstić information content (AvgIpc) is 3.07. The molecule has 1 unspecified atom stereocenters. The van der Waals surface area contributed by atoms with Crippen LogP contribution in [-0.4, -0.2) is 41.5 Å². The molecular weight excluding hydrogens is 342 g/mol. The van der Waals surface area contributed by atoms with Gasteiger partial charge in [-0.25, -0.2) is 4.98 Å². The summed E-state index contributed by atoms with van der Waals surface area (Å²) in [5, 5.41) is 0. The maximum atomic E-state index is 12.9. The van der Waals surface area contributed by atoms with Gasteiger partial charge in [0.2, 0.25) is 5.91 Å². The van der Waals surface area contributed by atoms with E-state index >= 15 is 0 Å². The average molecular weight is 365 g/mol. The van der Waals surface area contributed by atoms with E-state index in [0.717, 1.165) is 28.2 Å². The Balaban J connectivity index is 1.47. The molecule has 3 aromatic rings. The predicted molar refractivity (Wildman–Crippen MR) is 103 cm³/mol. The summed E-state index contributed by atoms with van der Waals surface area (Å²) in [5.74, 6) is 2.09. The van der Waals surface area contributed by atoms with Crippen molar-refractivity contribution in [3.8, 4) is 11.5 Å². The van der Waals surface area contributed by atoms with Crippen LogP contribution >= 0.6 is 0 Å². The van der Waals surface area contributed by atoms with E-state index in [0.29, 0.717) is 25.3 Å². The molecule has 4 rings (SSSR count). The summed E-state index contributed by atoms with van der Waals surface area (Å²) in [7, 11) is 3.43. The second-order valence-electron chi connectivity index (χ2n) is 7.06. The van der Waals surface area contributed by atoms with Crippen molar-refractivity contribution < 1.29 is 14.3 Å². The van der Waals surface area contributed by atoms with Crippen molar-refractivity contribution in [1.82, 2.24) is 14.9 Å². The Morgan fingerprint density at radius 2 is 2.22 bits per heavy atom. The minimum absolute atomic E-state index is 0.0557. The number of nitrogens with zero attached hydrogens (tertiary/aromatic N) is 2. The summed E-state index contributed by atoms with van der Waals surface area (Å²) in [6.45, 7) is 2.84. The number of carbonyl (C=O) groups excluding carboxylic acids is 1. The number of ether oxygens (including phenoxy) is 2. The molecule has 0 saturated carbocycles. The van der Waals surface area contributed by atoms with Gasteiger partial charge in [0.25, 0.3) is 0 Å². The number of amides is 1. The Morgan fingerprint density at radius 1 is 1.37 bits per heavy atom. The predicted octanol–water partition coefficient (Wildman–Crippen LogP) is 3.09. The van der Waals surface area contributed by atoms with Crippen LogP contribution in [0.5, 0.6) is 11.5 Å². The van der Waals surface area contributed by atoms with E-state index in [1.807, 2.05) is 44.3 Å². The number of benzene rings is 2. The Morgan fingerprint density at radius 3 is 3.04 bits per heavy atom. The van der Waals surface area contributed by atoms with Gasteiger partial charge >= 0.3 is 0 Å². The fourth-order valence-electron chi connectivity index (χ4n) is 3.58. The summed E-state index contributed by atoms with van der Waals surface area (Å²) < 4.78 is 11.2. The number of rotatable bonds is 4. The molecule has 0 aliphatic carbocycles. The van der Waals surface area contributed by atoms with Crippen LogP contribution in [0.2, 0.25) is 0 Å². The normalized spacial score (nSPS) is 15.9. The number of hydrogen-bond acceptors (Lipinski definition) is 4. The monoisotopic (exact) mass is 365 g/mol. The summed E-state index contributed by atoms with van der Waals surface area (Å²) in [6.07, 6.45) is 0.648. The van der Waals surface area contributed by atoms with Crippen LogP contribution in [0.1, 0.15) is 17.0 Å². The van der Waals surface area contributed by atoms with Gasteiger partial charge in [0.15, 0.2) is 11.5 Å². The molecule has 1 amide bonds. The molecule has 1 aromatic heterocycles. The number of aromatic nitrogens is 2. The highest BCUT2D eigenvalue weighted by Gasteiger charge is 2.30. The molecule has 0 spiro atoms. The number of methoxy groups -OCH3 is 1. The van der Waals surface area contributed by atoms with E-state index in [1.54, 1.807) is 12.0 Å². The molecule has 6 heteroatoms. The van der Waals surface area contributed by atoms with Gasteiger partial charge < -0.3 is 19.4 Å². The third-order valence-electron chi connectivity index (χ3n) is 4.97. The van der Waals surface area contributed by atoms with Crippen LogP contribution in [0.15, 0.2) is 36.4 Å². The van der Waals surface area contributed by atoms with Gasteiger partial charge in [-0.15, -0.1) is 0 Å². The van der Waals surface area contributed by atoms with E-state index in [9.17, 15) is 4.79 Å². The van der Waals surface area contributed by atoms with Gasteiger partial charge in [0.1, 0.15) is 12.4 Å². The van der Waals surface area contributed by atoms with Gasteiger partial charge in [0.05, 0.1) is 30.6 Å².